The molecule has 1 aliphatic rings. The summed E-state index contributed by atoms with van der Waals surface area (Å²) in [5.41, 5.74) is 5.95. The van der Waals surface area contributed by atoms with Crippen LogP contribution in [0.15, 0.2) is 188 Å². The van der Waals surface area contributed by atoms with Crippen molar-refractivity contribution in [3.63, 3.8) is 0 Å². The van der Waals surface area contributed by atoms with Gasteiger partial charge in [-0.05, 0) is 82.3 Å². The molecule has 0 aliphatic carbocycles. The molecule has 56 heavy (non-hydrogen) atoms. The number of ether oxygens (including phenoxy) is 2. The van der Waals surface area contributed by atoms with Crippen molar-refractivity contribution < 1.29 is 9.47 Å². The number of fused-ring (bicyclic) bond motifs is 7. The summed E-state index contributed by atoms with van der Waals surface area (Å²) in [5.74, 6) is 4.10. The molecular formula is C49H34N4O2Si. The van der Waals surface area contributed by atoms with Gasteiger partial charge in [0.25, 0.3) is 0 Å². The maximum atomic E-state index is 6.92. The smallest absolute Gasteiger partial charge is 0.191 e. The number of aromatic nitrogens is 4. The number of pyridine rings is 1. The Labute approximate surface area is 324 Å². The van der Waals surface area contributed by atoms with Crippen molar-refractivity contribution in [3.05, 3.63) is 188 Å². The zero-order valence-electron chi connectivity index (χ0n) is 30.5. The normalized spacial score (nSPS) is 13.0. The van der Waals surface area contributed by atoms with Gasteiger partial charge in [-0.15, -0.1) is 0 Å². The van der Waals surface area contributed by atoms with Crippen LogP contribution in [0, 0.1) is 0 Å². The molecular weight excluding hydrogens is 705 g/mol. The third kappa shape index (κ3) is 4.81. The topological polar surface area (TPSA) is 54.1 Å². The molecule has 0 bridgehead atoms. The van der Waals surface area contributed by atoms with Gasteiger partial charge in [-0.25, -0.2) is 9.97 Å². The number of benzene rings is 7. The minimum Gasteiger partial charge on any atom is -0.457 e. The Balaban J connectivity index is 1.14. The van der Waals surface area contributed by atoms with Gasteiger partial charge in [-0.1, -0.05) is 109 Å². The van der Waals surface area contributed by atoms with E-state index in [1.807, 2.05) is 48.7 Å². The van der Waals surface area contributed by atoms with Gasteiger partial charge < -0.3 is 14.0 Å². The molecule has 0 spiro atoms. The minimum atomic E-state index is -3.01. The first-order chi connectivity index (χ1) is 27.7. The second-order valence-corrected chi connectivity index (χ2v) is 17.9. The molecule has 11 rings (SSSR count). The van der Waals surface area contributed by atoms with Gasteiger partial charge in [-0.2, -0.15) is 0 Å². The molecule has 266 valence electrons. The van der Waals surface area contributed by atoms with Crippen LogP contribution in [0.4, 0.5) is 0 Å². The molecule has 7 heteroatoms. The van der Waals surface area contributed by atoms with Crippen molar-refractivity contribution in [3.8, 4) is 40.1 Å². The van der Waals surface area contributed by atoms with E-state index < -0.39 is 8.07 Å². The highest BCUT2D eigenvalue weighted by Crippen LogP contribution is 2.39. The van der Waals surface area contributed by atoms with E-state index in [0.717, 1.165) is 73.0 Å². The number of para-hydroxylation sites is 3. The second-order valence-electron chi connectivity index (χ2n) is 14.2. The van der Waals surface area contributed by atoms with Crippen LogP contribution in [0.3, 0.4) is 0 Å². The fourth-order valence-electron chi connectivity index (χ4n) is 8.80. The first-order valence-corrected chi connectivity index (χ1v) is 20.8. The molecule has 7 aromatic carbocycles. The summed E-state index contributed by atoms with van der Waals surface area (Å²) < 4.78 is 18.0. The van der Waals surface area contributed by atoms with Gasteiger partial charge in [0.05, 0.1) is 22.2 Å². The van der Waals surface area contributed by atoms with E-state index in [0.29, 0.717) is 0 Å². The van der Waals surface area contributed by atoms with E-state index in [2.05, 4.69) is 156 Å². The summed E-state index contributed by atoms with van der Waals surface area (Å²) >= 11 is 0. The number of nitrogens with zero attached hydrogens (tertiary/aromatic N) is 4. The lowest BCUT2D eigenvalue weighted by Crippen LogP contribution is -2.76. The summed E-state index contributed by atoms with van der Waals surface area (Å²) in [6.45, 7) is 0. The molecule has 3 aromatic heterocycles. The second kappa shape index (κ2) is 12.7. The molecule has 0 saturated carbocycles. The highest BCUT2D eigenvalue weighted by molar-refractivity contribution is 7.21. The largest absolute Gasteiger partial charge is 0.457 e. The summed E-state index contributed by atoms with van der Waals surface area (Å²) in [6, 6.07) is 63.8. The Morgan fingerprint density at radius 2 is 1.30 bits per heavy atom. The van der Waals surface area contributed by atoms with E-state index in [1.54, 1.807) is 0 Å². The van der Waals surface area contributed by atoms with Gasteiger partial charge >= 0.3 is 0 Å². The van der Waals surface area contributed by atoms with Gasteiger partial charge in [0.1, 0.15) is 34.5 Å². The summed E-state index contributed by atoms with van der Waals surface area (Å²) in [4.78, 5) is 9.99. The molecule has 0 unspecified atom stereocenters. The Morgan fingerprint density at radius 1 is 0.589 bits per heavy atom. The average molecular weight is 739 g/mol. The molecule has 0 saturated heterocycles. The molecule has 1 aliphatic heterocycles. The minimum absolute atomic E-state index is 0.719. The highest BCUT2D eigenvalue weighted by atomic mass is 28.3. The van der Waals surface area contributed by atoms with E-state index in [1.165, 1.54) is 20.7 Å². The molecule has 10 aromatic rings. The number of imidazole rings is 1. The van der Waals surface area contributed by atoms with E-state index in [-0.39, 0.29) is 0 Å². The number of aryl methyl sites for hydroxylation is 1. The monoisotopic (exact) mass is 738 g/mol. The van der Waals surface area contributed by atoms with Crippen LogP contribution in [0.1, 0.15) is 0 Å². The molecule has 0 N–H and O–H groups in total. The lowest BCUT2D eigenvalue weighted by molar-refractivity contribution is 0.482. The number of hydrogen-bond donors (Lipinski definition) is 0. The Bertz CT molecular complexity index is 3080. The van der Waals surface area contributed by atoms with E-state index >= 15 is 0 Å². The predicted molar refractivity (Wildman–Crippen MR) is 228 cm³/mol. The van der Waals surface area contributed by atoms with Crippen LogP contribution in [-0.2, 0) is 7.05 Å². The quantitative estimate of drug-likeness (QED) is 0.160. The van der Waals surface area contributed by atoms with Crippen LogP contribution in [0.5, 0.6) is 23.0 Å². The Kier molecular flexibility index (Phi) is 7.30. The average Bonchev–Trinajstić information content (AvgIpc) is 3.78. The van der Waals surface area contributed by atoms with Gasteiger partial charge in [0.15, 0.2) is 8.07 Å². The van der Waals surface area contributed by atoms with Crippen molar-refractivity contribution in [2.24, 2.45) is 7.05 Å². The molecule has 0 amide bonds. The van der Waals surface area contributed by atoms with Gasteiger partial charge in [0, 0.05) is 40.8 Å². The Morgan fingerprint density at radius 3 is 2.11 bits per heavy atom. The zero-order chi connectivity index (χ0) is 37.2. The van der Waals surface area contributed by atoms with Crippen LogP contribution in [0.2, 0.25) is 0 Å². The first-order valence-electron chi connectivity index (χ1n) is 18.8. The maximum Gasteiger partial charge on any atom is 0.191 e. The zero-order valence-corrected chi connectivity index (χ0v) is 31.5. The lowest BCUT2D eigenvalue weighted by Gasteiger charge is -2.40. The third-order valence-electron chi connectivity index (χ3n) is 11.1. The maximum absolute atomic E-state index is 6.92. The van der Waals surface area contributed by atoms with Gasteiger partial charge in [-0.3, -0.25) is 4.57 Å². The van der Waals surface area contributed by atoms with Crippen LogP contribution >= 0.6 is 0 Å². The third-order valence-corrected chi connectivity index (χ3v) is 16.0. The van der Waals surface area contributed by atoms with Crippen molar-refractivity contribution in [1.82, 2.24) is 19.1 Å². The molecule has 4 heterocycles. The molecule has 0 atom stereocenters. The molecule has 0 radical (unpaired) electrons. The van der Waals surface area contributed by atoms with E-state index in [9.17, 15) is 0 Å². The summed E-state index contributed by atoms with van der Waals surface area (Å²) in [7, 11) is -0.958. The van der Waals surface area contributed by atoms with Crippen molar-refractivity contribution >= 4 is 61.8 Å². The standard InChI is InChI=1S/C49H34N4O2Si/c1-52-42-25-9-8-24-41(42)51-48(52)33-15-12-17-35(31-33)54-36-18-13-16-34(32-36)53-46-39(40-23-14-30-50-49(40)53)28-29-44-47(46)56(37-19-4-2-5-20-37,38-21-6-3-7-22-38)45-27-11-10-26-43(45)55-44/h2-32H,1H3. The summed E-state index contributed by atoms with van der Waals surface area (Å²) in [6.07, 6.45) is 1.88. The fourth-order valence-corrected chi connectivity index (χ4v) is 13.9. The SMILES string of the molecule is Cn1c(-c2cccc(Oc3cccc(-n4c5ncccc5c5ccc6c(c54)[Si](c4ccccc4)(c4ccccc4)c4ccccc4O6)c3)c2)nc2ccccc21. The molecule has 0 fully saturated rings. The molecule has 6 nitrogen and oxygen atoms in total. The van der Waals surface area contributed by atoms with Crippen molar-refractivity contribution in [1.29, 1.82) is 0 Å². The highest BCUT2D eigenvalue weighted by Gasteiger charge is 2.50. The summed E-state index contributed by atoms with van der Waals surface area (Å²) in [5, 5.41) is 7.20. The van der Waals surface area contributed by atoms with E-state index in [4.69, 9.17) is 19.4 Å². The number of hydrogen-bond acceptors (Lipinski definition) is 4. The van der Waals surface area contributed by atoms with Crippen LogP contribution in [0.25, 0.3) is 50.0 Å². The van der Waals surface area contributed by atoms with Gasteiger partial charge in [0.2, 0.25) is 0 Å². The predicted octanol–water partition coefficient (Wildman–Crippen LogP) is 9.01. The van der Waals surface area contributed by atoms with Crippen LogP contribution in [-0.4, -0.2) is 27.2 Å². The first kappa shape index (κ1) is 32.2. The van der Waals surface area contributed by atoms with Crippen LogP contribution < -0.4 is 30.2 Å². The van der Waals surface area contributed by atoms with Crippen molar-refractivity contribution in [2.75, 3.05) is 0 Å². The lowest BCUT2D eigenvalue weighted by atomic mass is 10.2. The number of rotatable bonds is 6. The fraction of sp³-hybridized carbons (Fsp3) is 0.0204. The Hall–Kier alpha value is -7.22. The van der Waals surface area contributed by atoms with Crippen molar-refractivity contribution in [2.45, 2.75) is 0 Å².